The molecule has 136 valence electrons. The van der Waals surface area contributed by atoms with Crippen LogP contribution in [0.15, 0.2) is 0 Å². The summed E-state index contributed by atoms with van der Waals surface area (Å²) in [4.78, 5) is 13.3. The number of rotatable bonds is 1. The number of hydrogen-bond donors (Lipinski definition) is 2. The van der Waals surface area contributed by atoms with Crippen molar-refractivity contribution in [2.75, 3.05) is 0 Å². The Balaban J connectivity index is 1.67. The number of fused-ring (bicyclic) bond motifs is 5. The summed E-state index contributed by atoms with van der Waals surface area (Å²) < 4.78 is 0. The molecule has 4 aliphatic rings. The first-order chi connectivity index (χ1) is 11.3. The van der Waals surface area contributed by atoms with E-state index in [-0.39, 0.29) is 34.9 Å². The lowest BCUT2D eigenvalue weighted by atomic mass is 9.44. The topological polar surface area (TPSA) is 57.5 Å². The molecule has 0 spiro atoms. The largest absolute Gasteiger partial charge is 0.393 e. The smallest absolute Gasteiger partial charge is 0.137 e. The normalized spacial score (nSPS) is 55.5. The monoisotopic (exact) mass is 334 g/mol. The Morgan fingerprint density at radius 2 is 1.83 bits per heavy atom. The molecule has 0 aromatic rings. The van der Waals surface area contributed by atoms with Gasteiger partial charge < -0.3 is 10.2 Å². The summed E-state index contributed by atoms with van der Waals surface area (Å²) in [5.41, 5.74) is 0.104. The highest BCUT2D eigenvalue weighted by atomic mass is 16.3. The number of hydrogen-bond acceptors (Lipinski definition) is 3. The number of aliphatic hydroxyl groups excluding tert-OH is 2. The summed E-state index contributed by atoms with van der Waals surface area (Å²) in [5.74, 6) is 2.58. The maximum atomic E-state index is 13.3. The van der Waals surface area contributed by atoms with Crippen LogP contribution >= 0.6 is 0 Å². The van der Waals surface area contributed by atoms with Crippen molar-refractivity contribution in [1.82, 2.24) is 0 Å². The van der Waals surface area contributed by atoms with Crippen LogP contribution in [0.5, 0.6) is 0 Å². The second kappa shape index (κ2) is 5.54. The average molecular weight is 335 g/mol. The maximum absolute atomic E-state index is 13.3. The summed E-state index contributed by atoms with van der Waals surface area (Å²) in [6.45, 7) is 6.55. The number of carbonyl (C=O) groups is 1. The van der Waals surface area contributed by atoms with Crippen molar-refractivity contribution < 1.29 is 15.0 Å². The van der Waals surface area contributed by atoms with E-state index >= 15 is 0 Å². The van der Waals surface area contributed by atoms with Gasteiger partial charge in [-0.1, -0.05) is 13.8 Å². The first-order valence-electron chi connectivity index (χ1n) is 10.2. The Kier molecular flexibility index (Phi) is 3.93. The quantitative estimate of drug-likeness (QED) is 0.771. The van der Waals surface area contributed by atoms with Crippen LogP contribution in [0.3, 0.4) is 0 Å². The van der Waals surface area contributed by atoms with Gasteiger partial charge in [0, 0.05) is 12.3 Å². The van der Waals surface area contributed by atoms with Crippen molar-refractivity contribution in [3.63, 3.8) is 0 Å². The van der Waals surface area contributed by atoms with E-state index in [2.05, 4.69) is 13.8 Å². The fourth-order valence-corrected chi connectivity index (χ4v) is 7.88. The fourth-order valence-electron chi connectivity index (χ4n) is 7.88. The predicted octanol–water partition coefficient (Wildman–Crippen LogP) is 3.57. The van der Waals surface area contributed by atoms with Crippen LogP contribution in [0.25, 0.3) is 0 Å². The lowest BCUT2D eigenvalue weighted by molar-refractivity contribution is -0.163. The van der Waals surface area contributed by atoms with Crippen molar-refractivity contribution in [2.45, 2.75) is 84.3 Å². The molecule has 2 N–H and O–H groups in total. The minimum atomic E-state index is -0.305. The number of ketones is 1. The van der Waals surface area contributed by atoms with Gasteiger partial charge in [-0.3, -0.25) is 4.79 Å². The number of carbonyl (C=O) groups excluding carboxylic acids is 1. The zero-order chi connectivity index (χ0) is 17.3. The Morgan fingerprint density at radius 1 is 1.08 bits per heavy atom. The van der Waals surface area contributed by atoms with Crippen LogP contribution in [0.1, 0.15) is 72.1 Å². The van der Waals surface area contributed by atoms with Crippen LogP contribution in [0.4, 0.5) is 0 Å². The first kappa shape index (κ1) is 17.0. The van der Waals surface area contributed by atoms with Crippen LogP contribution in [0, 0.1) is 40.4 Å². The molecule has 24 heavy (non-hydrogen) atoms. The third-order valence-electron chi connectivity index (χ3n) is 8.98. The van der Waals surface area contributed by atoms with E-state index in [0.717, 1.165) is 32.1 Å². The van der Waals surface area contributed by atoms with Gasteiger partial charge in [0.15, 0.2) is 0 Å². The summed E-state index contributed by atoms with van der Waals surface area (Å²) in [6, 6.07) is 0. The standard InChI is InChI=1S/C21H34O3/c1-12(22)16-6-7-17-15-5-4-13-10-14(23)8-9-20(13,2)19(15)18(24)11-21(16,17)3/h12-17,19,22-23H,4-11H2,1-3H3/t12-,13+,14+,15-,16-,17+,19-,20-,21-/m0/s1. The molecule has 3 heteroatoms. The minimum Gasteiger partial charge on any atom is -0.393 e. The van der Waals surface area contributed by atoms with Crippen LogP contribution in [-0.4, -0.2) is 28.2 Å². The lowest BCUT2D eigenvalue weighted by Gasteiger charge is -2.60. The molecule has 4 fully saturated rings. The predicted molar refractivity (Wildman–Crippen MR) is 93.3 cm³/mol. The van der Waals surface area contributed by atoms with Gasteiger partial charge in [0.25, 0.3) is 0 Å². The van der Waals surface area contributed by atoms with Gasteiger partial charge in [0.2, 0.25) is 0 Å². The van der Waals surface area contributed by atoms with E-state index in [9.17, 15) is 15.0 Å². The summed E-state index contributed by atoms with van der Waals surface area (Å²) >= 11 is 0. The maximum Gasteiger partial charge on any atom is 0.137 e. The van der Waals surface area contributed by atoms with Gasteiger partial charge in [-0.05, 0) is 86.4 Å². The zero-order valence-corrected chi connectivity index (χ0v) is 15.5. The first-order valence-corrected chi connectivity index (χ1v) is 10.2. The van der Waals surface area contributed by atoms with Crippen LogP contribution in [0.2, 0.25) is 0 Å². The second-order valence-electron chi connectivity index (χ2n) is 10.0. The molecule has 0 aliphatic heterocycles. The van der Waals surface area contributed by atoms with E-state index in [1.165, 1.54) is 12.8 Å². The Bertz CT molecular complexity index is 529. The number of Topliss-reactive ketones (excluding diaryl/α,β-unsaturated/α-hetero) is 1. The molecule has 4 saturated carbocycles. The average Bonchev–Trinajstić information content (AvgIpc) is 2.84. The van der Waals surface area contributed by atoms with Gasteiger partial charge in [0.05, 0.1) is 12.2 Å². The highest BCUT2D eigenvalue weighted by molar-refractivity contribution is 5.84. The minimum absolute atomic E-state index is 0.00376. The van der Waals surface area contributed by atoms with E-state index in [0.29, 0.717) is 30.0 Å². The molecule has 0 aromatic heterocycles. The van der Waals surface area contributed by atoms with Crippen LogP contribution in [-0.2, 0) is 4.79 Å². The Morgan fingerprint density at radius 3 is 2.54 bits per heavy atom. The molecule has 0 unspecified atom stereocenters. The molecule has 3 nitrogen and oxygen atoms in total. The molecule has 0 radical (unpaired) electrons. The highest BCUT2D eigenvalue weighted by Gasteiger charge is 2.63. The molecular formula is C21H34O3. The molecule has 4 rings (SSSR count). The van der Waals surface area contributed by atoms with E-state index < -0.39 is 0 Å². The third kappa shape index (κ3) is 2.19. The summed E-state index contributed by atoms with van der Waals surface area (Å²) in [6.07, 6.45) is 7.56. The lowest BCUT2D eigenvalue weighted by Crippen LogP contribution is -2.58. The van der Waals surface area contributed by atoms with Crippen molar-refractivity contribution in [3.05, 3.63) is 0 Å². The van der Waals surface area contributed by atoms with E-state index in [1.807, 2.05) is 6.92 Å². The fraction of sp³-hybridized carbons (Fsp3) is 0.952. The van der Waals surface area contributed by atoms with Gasteiger partial charge in [-0.25, -0.2) is 0 Å². The second-order valence-corrected chi connectivity index (χ2v) is 10.0. The molecule has 4 aliphatic carbocycles. The molecule has 0 heterocycles. The van der Waals surface area contributed by atoms with Crippen molar-refractivity contribution in [1.29, 1.82) is 0 Å². The Labute approximate surface area is 146 Å². The summed E-state index contributed by atoms with van der Waals surface area (Å²) in [7, 11) is 0. The van der Waals surface area contributed by atoms with Gasteiger partial charge >= 0.3 is 0 Å². The van der Waals surface area contributed by atoms with E-state index in [4.69, 9.17) is 0 Å². The zero-order valence-electron chi connectivity index (χ0n) is 15.5. The molecular weight excluding hydrogens is 300 g/mol. The highest BCUT2D eigenvalue weighted by Crippen LogP contribution is 2.66. The SMILES string of the molecule is C[C@H](O)[C@@H]1CC[C@@H]2[C@@H]3CC[C@@H]4C[C@H](O)CC[C@]4(C)[C@@H]3C(=O)C[C@]21C. The van der Waals surface area contributed by atoms with Crippen molar-refractivity contribution in [2.24, 2.45) is 40.4 Å². The Hall–Kier alpha value is -0.410. The van der Waals surface area contributed by atoms with Gasteiger partial charge in [-0.15, -0.1) is 0 Å². The van der Waals surface area contributed by atoms with Gasteiger partial charge in [-0.2, -0.15) is 0 Å². The molecule has 0 saturated heterocycles. The van der Waals surface area contributed by atoms with E-state index in [1.54, 1.807) is 0 Å². The number of aliphatic hydroxyl groups is 2. The summed E-state index contributed by atoms with van der Waals surface area (Å²) in [5, 5.41) is 20.4. The molecule has 0 bridgehead atoms. The molecule has 9 atom stereocenters. The van der Waals surface area contributed by atoms with Crippen molar-refractivity contribution in [3.8, 4) is 0 Å². The van der Waals surface area contributed by atoms with Gasteiger partial charge in [0.1, 0.15) is 5.78 Å². The molecule has 0 aromatic carbocycles. The third-order valence-corrected chi connectivity index (χ3v) is 8.98. The van der Waals surface area contributed by atoms with Crippen LogP contribution < -0.4 is 0 Å². The molecule has 0 amide bonds. The van der Waals surface area contributed by atoms with Crippen molar-refractivity contribution >= 4 is 5.78 Å².